The average molecular weight is 283 g/mol. The summed E-state index contributed by atoms with van der Waals surface area (Å²) in [6.45, 7) is 6.44. The second kappa shape index (κ2) is 7.49. The molecule has 0 unspecified atom stereocenters. The van der Waals surface area contributed by atoms with E-state index in [1.54, 1.807) is 18.4 Å². The fourth-order valence-corrected chi connectivity index (χ4v) is 2.67. The van der Waals surface area contributed by atoms with Crippen molar-refractivity contribution in [2.45, 2.75) is 32.6 Å². The van der Waals surface area contributed by atoms with E-state index in [4.69, 9.17) is 4.42 Å². The summed E-state index contributed by atoms with van der Waals surface area (Å²) in [5.41, 5.74) is 1.86. The van der Waals surface area contributed by atoms with Gasteiger partial charge in [0.1, 0.15) is 17.4 Å². The van der Waals surface area contributed by atoms with Gasteiger partial charge in [0.05, 0.1) is 6.26 Å². The fourth-order valence-electron chi connectivity index (χ4n) is 2.67. The maximum Gasteiger partial charge on any atom is 0.153 e. The Morgan fingerprint density at radius 3 is 2.90 bits per heavy atom. The van der Waals surface area contributed by atoms with Gasteiger partial charge in [0, 0.05) is 18.4 Å². The lowest BCUT2D eigenvalue weighted by Gasteiger charge is -2.14. The quantitative estimate of drug-likeness (QED) is 0.638. The van der Waals surface area contributed by atoms with Crippen LogP contribution >= 0.6 is 0 Å². The molecule has 4 heteroatoms. The van der Waals surface area contributed by atoms with Crippen LogP contribution in [-0.4, -0.2) is 12.3 Å². The van der Waals surface area contributed by atoms with Gasteiger partial charge in [-0.1, -0.05) is 19.4 Å². The van der Waals surface area contributed by atoms with Crippen LogP contribution in [0, 0.1) is 17.2 Å². The van der Waals surface area contributed by atoms with E-state index in [2.05, 4.69) is 23.0 Å². The van der Waals surface area contributed by atoms with Crippen LogP contribution in [0.1, 0.15) is 38.4 Å². The van der Waals surface area contributed by atoms with Gasteiger partial charge in [-0.2, -0.15) is 5.26 Å². The van der Waals surface area contributed by atoms with Crippen molar-refractivity contribution in [2.24, 2.45) is 10.9 Å². The maximum absolute atomic E-state index is 9.48. The number of aliphatic imine (C=N–C) groups is 1. The molecule has 1 N–H and O–H groups in total. The maximum atomic E-state index is 9.48. The van der Waals surface area contributed by atoms with Crippen molar-refractivity contribution < 1.29 is 4.42 Å². The molecule has 0 atom stereocenters. The number of nitrogens with zero attached hydrogens (tertiary/aromatic N) is 2. The zero-order valence-corrected chi connectivity index (χ0v) is 12.4. The van der Waals surface area contributed by atoms with Crippen LogP contribution in [0.5, 0.6) is 0 Å². The highest BCUT2D eigenvalue weighted by atomic mass is 16.3. The summed E-state index contributed by atoms with van der Waals surface area (Å²) >= 11 is 0. The monoisotopic (exact) mass is 283 g/mol. The Bertz CT molecular complexity index is 570. The summed E-state index contributed by atoms with van der Waals surface area (Å²) < 4.78 is 5.37. The van der Waals surface area contributed by atoms with Crippen molar-refractivity contribution >= 4 is 5.71 Å². The summed E-state index contributed by atoms with van der Waals surface area (Å²) in [5, 5.41) is 12.9. The van der Waals surface area contributed by atoms with Gasteiger partial charge >= 0.3 is 0 Å². The molecule has 1 aliphatic carbocycles. The standard InChI is InChI=1S/C17H21N3O/c1-3-19-17(16-9-6-10-21-16)15(11-18)13(2)20-12-14-7-4-5-8-14/h3,6,9-10,14,20H,1,4-5,7-8,12H2,2H3/b15-13+,19-17+. The van der Waals surface area contributed by atoms with Gasteiger partial charge in [0.25, 0.3) is 0 Å². The molecule has 0 aliphatic heterocycles. The number of nitrogens with one attached hydrogen (secondary N) is 1. The van der Waals surface area contributed by atoms with E-state index in [1.807, 2.05) is 6.92 Å². The molecule has 21 heavy (non-hydrogen) atoms. The normalized spacial score (nSPS) is 17.2. The summed E-state index contributed by atoms with van der Waals surface area (Å²) in [6, 6.07) is 5.81. The Labute approximate surface area is 125 Å². The fraction of sp³-hybridized carbons (Fsp3) is 0.412. The zero-order valence-electron chi connectivity index (χ0n) is 12.4. The molecule has 1 aliphatic rings. The highest BCUT2D eigenvalue weighted by Crippen LogP contribution is 2.24. The molecule has 0 spiro atoms. The minimum atomic E-state index is 0.503. The van der Waals surface area contributed by atoms with Crippen LogP contribution in [0.15, 0.2) is 51.9 Å². The molecule has 1 saturated carbocycles. The molecule has 1 fully saturated rings. The number of hydrogen-bond acceptors (Lipinski definition) is 4. The third kappa shape index (κ3) is 3.85. The Hall–Kier alpha value is -2.28. The van der Waals surface area contributed by atoms with E-state index < -0.39 is 0 Å². The predicted molar refractivity (Wildman–Crippen MR) is 83.7 cm³/mol. The summed E-state index contributed by atoms with van der Waals surface area (Å²) in [6.07, 6.45) is 8.18. The zero-order chi connectivity index (χ0) is 15.1. The van der Waals surface area contributed by atoms with E-state index >= 15 is 0 Å². The largest absolute Gasteiger partial charge is 0.463 e. The highest BCUT2D eigenvalue weighted by molar-refractivity contribution is 6.14. The molecule has 2 rings (SSSR count). The molecule has 0 amide bonds. The van der Waals surface area contributed by atoms with Gasteiger partial charge in [0.15, 0.2) is 5.76 Å². The molecule has 1 heterocycles. The van der Waals surface area contributed by atoms with E-state index in [0.29, 0.717) is 23.0 Å². The van der Waals surface area contributed by atoms with Crippen molar-refractivity contribution in [3.8, 4) is 6.07 Å². The van der Waals surface area contributed by atoms with E-state index in [0.717, 1.165) is 12.2 Å². The van der Waals surface area contributed by atoms with Crippen LogP contribution in [0.25, 0.3) is 0 Å². The minimum Gasteiger partial charge on any atom is -0.463 e. The number of furan rings is 1. The van der Waals surface area contributed by atoms with Gasteiger partial charge in [-0.05, 0) is 37.8 Å². The highest BCUT2D eigenvalue weighted by Gasteiger charge is 2.18. The second-order valence-electron chi connectivity index (χ2n) is 5.28. The molecule has 0 saturated heterocycles. The molecule has 0 bridgehead atoms. The van der Waals surface area contributed by atoms with Crippen molar-refractivity contribution in [1.82, 2.24) is 5.32 Å². The smallest absolute Gasteiger partial charge is 0.153 e. The molecule has 1 aromatic rings. The van der Waals surface area contributed by atoms with E-state index in [9.17, 15) is 5.26 Å². The van der Waals surface area contributed by atoms with E-state index in [1.165, 1.54) is 31.9 Å². The van der Waals surface area contributed by atoms with Crippen molar-refractivity contribution in [1.29, 1.82) is 5.26 Å². The van der Waals surface area contributed by atoms with Crippen LogP contribution < -0.4 is 5.32 Å². The first-order valence-corrected chi connectivity index (χ1v) is 7.34. The van der Waals surface area contributed by atoms with Crippen LogP contribution in [0.3, 0.4) is 0 Å². The molecule has 4 nitrogen and oxygen atoms in total. The van der Waals surface area contributed by atoms with Gasteiger partial charge in [-0.25, -0.2) is 0 Å². The Kier molecular flexibility index (Phi) is 5.39. The first kappa shape index (κ1) is 15.1. The van der Waals surface area contributed by atoms with Crippen LogP contribution in [0.2, 0.25) is 0 Å². The van der Waals surface area contributed by atoms with Crippen molar-refractivity contribution in [3.05, 3.63) is 48.2 Å². The molecular formula is C17H21N3O. The Morgan fingerprint density at radius 2 is 2.33 bits per heavy atom. The molecule has 0 radical (unpaired) electrons. The van der Waals surface area contributed by atoms with Crippen molar-refractivity contribution in [2.75, 3.05) is 6.54 Å². The third-order valence-corrected chi connectivity index (χ3v) is 3.83. The number of nitriles is 1. The van der Waals surface area contributed by atoms with Crippen LogP contribution in [-0.2, 0) is 0 Å². The molecule has 110 valence electrons. The van der Waals surface area contributed by atoms with Gasteiger partial charge < -0.3 is 9.73 Å². The summed E-state index contributed by atoms with van der Waals surface area (Å²) in [4.78, 5) is 4.21. The van der Waals surface area contributed by atoms with Gasteiger partial charge in [-0.15, -0.1) is 0 Å². The lowest BCUT2D eigenvalue weighted by molar-refractivity contribution is 0.517. The Balaban J connectivity index is 2.18. The number of hydrogen-bond donors (Lipinski definition) is 1. The number of allylic oxidation sites excluding steroid dienone is 2. The predicted octanol–water partition coefficient (Wildman–Crippen LogP) is 3.79. The second-order valence-corrected chi connectivity index (χ2v) is 5.28. The third-order valence-electron chi connectivity index (χ3n) is 3.83. The van der Waals surface area contributed by atoms with E-state index in [-0.39, 0.29) is 0 Å². The first-order valence-electron chi connectivity index (χ1n) is 7.34. The summed E-state index contributed by atoms with van der Waals surface area (Å²) in [7, 11) is 0. The average Bonchev–Trinajstić information content (AvgIpc) is 3.18. The van der Waals surface area contributed by atoms with Crippen molar-refractivity contribution in [3.63, 3.8) is 0 Å². The molecule has 0 aromatic carbocycles. The van der Waals surface area contributed by atoms with Crippen LogP contribution in [0.4, 0.5) is 0 Å². The summed E-state index contributed by atoms with van der Waals surface area (Å²) in [5.74, 6) is 1.29. The SMILES string of the molecule is C=C/N=C(\C(C#N)=C(/C)NCC1CCCC1)c1ccco1. The number of rotatable bonds is 6. The minimum absolute atomic E-state index is 0.503. The van der Waals surface area contributed by atoms with Gasteiger partial charge in [-0.3, -0.25) is 4.99 Å². The lowest BCUT2D eigenvalue weighted by Crippen LogP contribution is -2.22. The lowest BCUT2D eigenvalue weighted by atomic mass is 10.1. The first-order chi connectivity index (χ1) is 10.3. The molecular weight excluding hydrogens is 262 g/mol. The Morgan fingerprint density at radius 1 is 1.57 bits per heavy atom. The molecule has 1 aromatic heterocycles. The topological polar surface area (TPSA) is 61.3 Å². The van der Waals surface area contributed by atoms with Gasteiger partial charge in [0.2, 0.25) is 0 Å².